The van der Waals surface area contributed by atoms with Crippen LogP contribution in [0.15, 0.2) is 36.9 Å². The molecule has 1 aromatic rings. The fourth-order valence-electron chi connectivity index (χ4n) is 2.14. The highest BCUT2D eigenvalue weighted by molar-refractivity contribution is 5.35. The number of likely N-dealkylation sites (N-methyl/N-ethyl adjacent to an activating group) is 1. The predicted molar refractivity (Wildman–Crippen MR) is 76.8 cm³/mol. The molecule has 100 valence electrons. The van der Waals surface area contributed by atoms with Crippen LogP contribution in [0.2, 0.25) is 0 Å². The van der Waals surface area contributed by atoms with Crippen molar-refractivity contribution in [1.82, 2.24) is 4.90 Å². The molecule has 0 amide bonds. The summed E-state index contributed by atoms with van der Waals surface area (Å²) in [5, 5.41) is 0. The summed E-state index contributed by atoms with van der Waals surface area (Å²) in [6.07, 6.45) is 2.60. The average molecular weight is 248 g/mol. The number of rotatable bonds is 6. The molecule has 0 saturated carbocycles. The number of hydrogen-bond acceptors (Lipinski definition) is 3. The Balaban J connectivity index is 3.20. The normalized spacial score (nSPS) is 16.1. The fourth-order valence-corrected chi connectivity index (χ4v) is 2.14. The molecule has 0 fully saturated rings. The summed E-state index contributed by atoms with van der Waals surface area (Å²) < 4.78 is 5.27. The summed E-state index contributed by atoms with van der Waals surface area (Å²) in [6.45, 7) is 5.95. The SMILES string of the molecule is C=CCC(N)(c1cccc(OC)c1)C(C)N(C)C. The molecule has 3 heteroatoms. The number of nitrogens with two attached hydrogens (primary N) is 1. The first-order valence-corrected chi connectivity index (χ1v) is 6.16. The standard InChI is InChI=1S/C15H24N2O/c1-6-10-15(16,12(2)17(3)4)13-8-7-9-14(11-13)18-5/h6-9,11-12H,1,10,16H2,2-5H3. The average Bonchev–Trinajstić information content (AvgIpc) is 2.38. The van der Waals surface area contributed by atoms with Crippen molar-refractivity contribution in [3.63, 3.8) is 0 Å². The molecule has 0 aromatic heterocycles. The van der Waals surface area contributed by atoms with Crippen molar-refractivity contribution in [3.05, 3.63) is 42.5 Å². The van der Waals surface area contributed by atoms with Gasteiger partial charge in [0.15, 0.2) is 0 Å². The van der Waals surface area contributed by atoms with Crippen LogP contribution >= 0.6 is 0 Å². The van der Waals surface area contributed by atoms with Crippen molar-refractivity contribution in [2.24, 2.45) is 5.73 Å². The zero-order valence-corrected chi connectivity index (χ0v) is 11.8. The fraction of sp³-hybridized carbons (Fsp3) is 0.467. The highest BCUT2D eigenvalue weighted by atomic mass is 16.5. The lowest BCUT2D eigenvalue weighted by Crippen LogP contribution is -2.52. The van der Waals surface area contributed by atoms with E-state index in [0.717, 1.165) is 17.7 Å². The van der Waals surface area contributed by atoms with Crippen LogP contribution in [0.25, 0.3) is 0 Å². The third kappa shape index (κ3) is 2.92. The largest absolute Gasteiger partial charge is 0.497 e. The Morgan fingerprint density at radius 2 is 2.17 bits per heavy atom. The Hall–Kier alpha value is -1.32. The number of benzene rings is 1. The second-order valence-electron chi connectivity index (χ2n) is 4.90. The van der Waals surface area contributed by atoms with Gasteiger partial charge in [0, 0.05) is 6.04 Å². The van der Waals surface area contributed by atoms with Gasteiger partial charge in [-0.05, 0) is 45.1 Å². The maximum absolute atomic E-state index is 6.63. The molecule has 18 heavy (non-hydrogen) atoms. The van der Waals surface area contributed by atoms with Crippen molar-refractivity contribution < 1.29 is 4.74 Å². The monoisotopic (exact) mass is 248 g/mol. The van der Waals surface area contributed by atoms with E-state index >= 15 is 0 Å². The molecule has 0 aliphatic heterocycles. The highest BCUT2D eigenvalue weighted by Gasteiger charge is 2.34. The number of nitrogens with zero attached hydrogens (tertiary/aromatic N) is 1. The van der Waals surface area contributed by atoms with Gasteiger partial charge in [0.1, 0.15) is 5.75 Å². The zero-order valence-electron chi connectivity index (χ0n) is 11.8. The molecule has 0 spiro atoms. The molecule has 0 saturated heterocycles. The van der Waals surface area contributed by atoms with E-state index in [1.807, 2.05) is 44.4 Å². The van der Waals surface area contributed by atoms with Gasteiger partial charge in [-0.1, -0.05) is 18.2 Å². The molecule has 0 aliphatic carbocycles. The lowest BCUT2D eigenvalue weighted by molar-refractivity contribution is 0.193. The van der Waals surface area contributed by atoms with Crippen molar-refractivity contribution in [3.8, 4) is 5.75 Å². The second-order valence-corrected chi connectivity index (χ2v) is 4.90. The Bertz CT molecular complexity index is 403. The number of ether oxygens (including phenoxy) is 1. The van der Waals surface area contributed by atoms with Gasteiger partial charge < -0.3 is 15.4 Å². The maximum atomic E-state index is 6.63. The summed E-state index contributed by atoms with van der Waals surface area (Å²) in [4.78, 5) is 2.13. The molecule has 1 aromatic carbocycles. The van der Waals surface area contributed by atoms with Crippen molar-refractivity contribution in [1.29, 1.82) is 0 Å². The van der Waals surface area contributed by atoms with E-state index < -0.39 is 5.54 Å². The number of methoxy groups -OCH3 is 1. The van der Waals surface area contributed by atoms with Crippen LogP contribution in [-0.2, 0) is 5.54 Å². The summed E-state index contributed by atoms with van der Waals surface area (Å²) in [7, 11) is 5.74. The van der Waals surface area contributed by atoms with Crippen LogP contribution in [0.4, 0.5) is 0 Å². The summed E-state index contributed by atoms with van der Waals surface area (Å²) in [5.41, 5.74) is 7.24. The Labute approximate surface area is 110 Å². The van der Waals surface area contributed by atoms with E-state index in [2.05, 4.69) is 18.4 Å². The van der Waals surface area contributed by atoms with Crippen LogP contribution < -0.4 is 10.5 Å². The van der Waals surface area contributed by atoms with Crippen molar-refractivity contribution in [2.75, 3.05) is 21.2 Å². The Morgan fingerprint density at radius 1 is 1.50 bits per heavy atom. The van der Waals surface area contributed by atoms with Crippen LogP contribution in [0.3, 0.4) is 0 Å². The first kappa shape index (κ1) is 14.7. The van der Waals surface area contributed by atoms with Gasteiger partial charge in [0.05, 0.1) is 12.6 Å². The van der Waals surface area contributed by atoms with Crippen molar-refractivity contribution in [2.45, 2.75) is 24.9 Å². The van der Waals surface area contributed by atoms with E-state index in [1.165, 1.54) is 0 Å². The van der Waals surface area contributed by atoms with Gasteiger partial charge in [-0.15, -0.1) is 6.58 Å². The minimum Gasteiger partial charge on any atom is -0.497 e. The summed E-state index contributed by atoms with van der Waals surface area (Å²) in [6, 6.07) is 8.15. The van der Waals surface area contributed by atoms with E-state index in [1.54, 1.807) is 7.11 Å². The molecule has 2 N–H and O–H groups in total. The Morgan fingerprint density at radius 3 is 2.67 bits per heavy atom. The quantitative estimate of drug-likeness (QED) is 0.786. The molecular formula is C15H24N2O. The second kappa shape index (κ2) is 6.03. The smallest absolute Gasteiger partial charge is 0.119 e. The molecule has 3 nitrogen and oxygen atoms in total. The summed E-state index contributed by atoms with van der Waals surface area (Å²) in [5.74, 6) is 0.831. The zero-order chi connectivity index (χ0) is 13.8. The van der Waals surface area contributed by atoms with Crippen LogP contribution in [0.5, 0.6) is 5.75 Å². The Kier molecular flexibility index (Phi) is 4.93. The molecule has 0 aliphatic rings. The third-order valence-corrected chi connectivity index (χ3v) is 3.61. The predicted octanol–water partition coefficient (Wildman–Crippen LogP) is 2.38. The van der Waals surface area contributed by atoms with Gasteiger partial charge >= 0.3 is 0 Å². The molecule has 2 unspecified atom stereocenters. The maximum Gasteiger partial charge on any atom is 0.119 e. The lowest BCUT2D eigenvalue weighted by Gasteiger charge is -2.39. The highest BCUT2D eigenvalue weighted by Crippen LogP contribution is 2.30. The first-order valence-electron chi connectivity index (χ1n) is 6.16. The topological polar surface area (TPSA) is 38.5 Å². The molecule has 0 bridgehead atoms. The van der Waals surface area contributed by atoms with Gasteiger partial charge in [-0.25, -0.2) is 0 Å². The van der Waals surface area contributed by atoms with Crippen molar-refractivity contribution >= 4 is 0 Å². The molecule has 0 radical (unpaired) electrons. The molecule has 2 atom stereocenters. The lowest BCUT2D eigenvalue weighted by atomic mass is 9.81. The summed E-state index contributed by atoms with van der Waals surface area (Å²) >= 11 is 0. The molecular weight excluding hydrogens is 224 g/mol. The van der Waals surface area contributed by atoms with E-state index in [-0.39, 0.29) is 6.04 Å². The first-order chi connectivity index (χ1) is 8.45. The van der Waals surface area contributed by atoms with Gasteiger partial charge in [-0.2, -0.15) is 0 Å². The van der Waals surface area contributed by atoms with Crippen LogP contribution in [0, 0.1) is 0 Å². The molecule has 1 rings (SSSR count). The van der Waals surface area contributed by atoms with Crippen LogP contribution in [-0.4, -0.2) is 32.1 Å². The third-order valence-electron chi connectivity index (χ3n) is 3.61. The van der Waals surface area contributed by atoms with Crippen LogP contribution in [0.1, 0.15) is 18.9 Å². The number of hydrogen-bond donors (Lipinski definition) is 1. The van der Waals surface area contributed by atoms with Gasteiger partial charge in [0.25, 0.3) is 0 Å². The minimum atomic E-state index is -0.459. The van der Waals surface area contributed by atoms with Gasteiger partial charge in [-0.3, -0.25) is 0 Å². The minimum absolute atomic E-state index is 0.197. The van der Waals surface area contributed by atoms with E-state index in [9.17, 15) is 0 Å². The van der Waals surface area contributed by atoms with Gasteiger partial charge in [0.2, 0.25) is 0 Å². The van der Waals surface area contributed by atoms with E-state index in [0.29, 0.717) is 0 Å². The van der Waals surface area contributed by atoms with E-state index in [4.69, 9.17) is 10.5 Å². The molecule has 0 heterocycles.